The highest BCUT2D eigenvalue weighted by Crippen LogP contribution is 2.26. The number of rotatable bonds is 6. The molecule has 0 spiro atoms. The van der Waals surface area contributed by atoms with Gasteiger partial charge in [-0.15, -0.1) is 10.2 Å². The van der Waals surface area contributed by atoms with E-state index in [0.717, 1.165) is 28.0 Å². The Bertz CT molecular complexity index is 541. The minimum atomic E-state index is 0.402. The molecule has 0 fully saturated rings. The third kappa shape index (κ3) is 3.27. The molecule has 0 aliphatic heterocycles. The molecule has 19 heavy (non-hydrogen) atoms. The first-order chi connectivity index (χ1) is 9.26. The van der Waals surface area contributed by atoms with Crippen LogP contribution in [0, 0.1) is 0 Å². The summed E-state index contributed by atoms with van der Waals surface area (Å²) in [5, 5.41) is 9.04. The highest BCUT2D eigenvalue weighted by Gasteiger charge is 2.09. The summed E-state index contributed by atoms with van der Waals surface area (Å²) in [5.74, 6) is 2.52. The van der Waals surface area contributed by atoms with Crippen LogP contribution in [-0.4, -0.2) is 21.4 Å². The molecule has 0 atom stereocenters. The lowest BCUT2D eigenvalue weighted by atomic mass is 10.2. The van der Waals surface area contributed by atoms with Gasteiger partial charge in [0.2, 0.25) is 0 Å². The van der Waals surface area contributed by atoms with Gasteiger partial charge in [-0.25, -0.2) is 0 Å². The Labute approximate surface area is 117 Å². The molecule has 6 heteroatoms. The molecular weight excluding hydrogens is 260 g/mol. The van der Waals surface area contributed by atoms with Crippen molar-refractivity contribution in [3.63, 3.8) is 0 Å². The van der Waals surface area contributed by atoms with Crippen LogP contribution < -0.4 is 10.5 Å². The van der Waals surface area contributed by atoms with Crippen LogP contribution in [-0.2, 0) is 19.3 Å². The maximum Gasteiger partial charge on any atom is 0.191 e. The molecule has 0 unspecified atom stereocenters. The summed E-state index contributed by atoms with van der Waals surface area (Å²) in [6.07, 6.45) is 0. The van der Waals surface area contributed by atoms with Gasteiger partial charge in [0.1, 0.15) is 11.6 Å². The average Bonchev–Trinajstić information content (AvgIpc) is 2.79. The first-order valence-electron chi connectivity index (χ1n) is 6.18. The van der Waals surface area contributed by atoms with Crippen molar-refractivity contribution >= 4 is 11.8 Å². The van der Waals surface area contributed by atoms with Crippen molar-refractivity contribution < 1.29 is 4.74 Å². The van der Waals surface area contributed by atoms with E-state index in [1.165, 1.54) is 0 Å². The van der Waals surface area contributed by atoms with E-state index in [9.17, 15) is 0 Å². The van der Waals surface area contributed by atoms with Crippen LogP contribution in [0.2, 0.25) is 0 Å². The summed E-state index contributed by atoms with van der Waals surface area (Å²) in [4.78, 5) is 0. The van der Waals surface area contributed by atoms with Gasteiger partial charge in [0.25, 0.3) is 0 Å². The Morgan fingerprint density at radius 2 is 2.11 bits per heavy atom. The number of nitrogens with zero attached hydrogens (tertiary/aromatic N) is 3. The van der Waals surface area contributed by atoms with Crippen molar-refractivity contribution in [3.8, 4) is 5.75 Å². The number of hydrogen-bond acceptors (Lipinski definition) is 5. The molecule has 2 aromatic rings. The predicted octanol–water partition coefficient (Wildman–Crippen LogP) is 1.96. The van der Waals surface area contributed by atoms with E-state index in [2.05, 4.69) is 16.3 Å². The third-order valence-electron chi connectivity index (χ3n) is 2.74. The molecule has 0 bridgehead atoms. The summed E-state index contributed by atoms with van der Waals surface area (Å²) >= 11 is 1.63. The maximum absolute atomic E-state index is 5.61. The molecule has 5 nitrogen and oxygen atoms in total. The molecule has 0 amide bonds. The van der Waals surface area contributed by atoms with Crippen molar-refractivity contribution in [1.82, 2.24) is 14.8 Å². The van der Waals surface area contributed by atoms with E-state index in [-0.39, 0.29) is 0 Å². The van der Waals surface area contributed by atoms with E-state index in [1.54, 1.807) is 11.8 Å². The fourth-order valence-electron chi connectivity index (χ4n) is 1.71. The van der Waals surface area contributed by atoms with Gasteiger partial charge in [-0.1, -0.05) is 30.0 Å². The Kier molecular flexibility index (Phi) is 4.81. The van der Waals surface area contributed by atoms with Crippen LogP contribution in [0.4, 0.5) is 0 Å². The second-order valence-electron chi connectivity index (χ2n) is 3.99. The quantitative estimate of drug-likeness (QED) is 0.818. The van der Waals surface area contributed by atoms with Crippen molar-refractivity contribution in [2.45, 2.75) is 24.4 Å². The first-order valence-corrected chi connectivity index (χ1v) is 7.16. The molecule has 1 heterocycles. The lowest BCUT2D eigenvalue weighted by Gasteiger charge is -2.09. The number of thioether (sulfide) groups is 1. The summed E-state index contributed by atoms with van der Waals surface area (Å²) in [7, 11) is 1.93. The number of aromatic nitrogens is 3. The topological polar surface area (TPSA) is 66.0 Å². The number of hydrogen-bond donors (Lipinski definition) is 1. The van der Waals surface area contributed by atoms with Crippen molar-refractivity contribution in [3.05, 3.63) is 35.7 Å². The third-order valence-corrected chi connectivity index (χ3v) is 3.81. The van der Waals surface area contributed by atoms with Crippen LogP contribution in [0.1, 0.15) is 18.3 Å². The van der Waals surface area contributed by atoms with Crippen LogP contribution in [0.25, 0.3) is 0 Å². The molecule has 0 aliphatic carbocycles. The van der Waals surface area contributed by atoms with Gasteiger partial charge in [-0.05, 0) is 13.0 Å². The minimum Gasteiger partial charge on any atom is -0.494 e. The van der Waals surface area contributed by atoms with Gasteiger partial charge in [-0.2, -0.15) is 0 Å². The van der Waals surface area contributed by atoms with Crippen LogP contribution in [0.3, 0.4) is 0 Å². The van der Waals surface area contributed by atoms with Gasteiger partial charge < -0.3 is 15.0 Å². The fraction of sp³-hybridized carbons (Fsp3) is 0.385. The second kappa shape index (κ2) is 6.58. The highest BCUT2D eigenvalue weighted by atomic mass is 32.2. The van der Waals surface area contributed by atoms with Crippen LogP contribution in [0.5, 0.6) is 5.75 Å². The Balaban J connectivity index is 2.07. The van der Waals surface area contributed by atoms with Crippen molar-refractivity contribution in [2.75, 3.05) is 6.61 Å². The molecule has 0 saturated carbocycles. The van der Waals surface area contributed by atoms with Crippen LogP contribution >= 0.6 is 11.8 Å². The number of para-hydroxylation sites is 1. The Hall–Kier alpha value is -1.53. The van der Waals surface area contributed by atoms with Gasteiger partial charge >= 0.3 is 0 Å². The highest BCUT2D eigenvalue weighted by molar-refractivity contribution is 7.98. The second-order valence-corrected chi connectivity index (χ2v) is 4.93. The smallest absolute Gasteiger partial charge is 0.191 e. The molecule has 1 aromatic carbocycles. The number of ether oxygens (including phenoxy) is 1. The maximum atomic E-state index is 5.61. The van der Waals surface area contributed by atoms with E-state index in [0.29, 0.717) is 13.2 Å². The zero-order valence-electron chi connectivity index (χ0n) is 11.2. The lowest BCUT2D eigenvalue weighted by Crippen LogP contribution is -2.05. The zero-order chi connectivity index (χ0) is 13.7. The van der Waals surface area contributed by atoms with Gasteiger partial charge in [0.05, 0.1) is 13.2 Å². The van der Waals surface area contributed by atoms with Crippen LogP contribution in [0.15, 0.2) is 29.4 Å². The zero-order valence-corrected chi connectivity index (χ0v) is 12.0. The lowest BCUT2D eigenvalue weighted by molar-refractivity contribution is 0.337. The van der Waals surface area contributed by atoms with E-state index in [1.807, 2.05) is 36.7 Å². The van der Waals surface area contributed by atoms with E-state index >= 15 is 0 Å². The summed E-state index contributed by atoms with van der Waals surface area (Å²) < 4.78 is 7.53. The monoisotopic (exact) mass is 278 g/mol. The number of nitrogens with two attached hydrogens (primary N) is 1. The average molecular weight is 278 g/mol. The molecule has 0 radical (unpaired) electrons. The molecule has 2 rings (SSSR count). The van der Waals surface area contributed by atoms with Gasteiger partial charge in [0.15, 0.2) is 5.16 Å². The fourth-order valence-corrected chi connectivity index (χ4v) is 2.63. The SMILES string of the molecule is CCOc1ccccc1CSc1nnc(CN)n1C. The minimum absolute atomic E-state index is 0.402. The molecule has 0 saturated heterocycles. The summed E-state index contributed by atoms with van der Waals surface area (Å²) in [6.45, 7) is 3.06. The Morgan fingerprint density at radius 1 is 1.32 bits per heavy atom. The van der Waals surface area contributed by atoms with Gasteiger partial charge in [-0.3, -0.25) is 0 Å². The normalized spacial score (nSPS) is 10.7. The molecular formula is C13H18N4OS. The Morgan fingerprint density at radius 3 is 2.79 bits per heavy atom. The molecule has 1 aromatic heterocycles. The summed E-state index contributed by atoms with van der Waals surface area (Å²) in [5.41, 5.74) is 6.74. The van der Waals surface area contributed by atoms with E-state index in [4.69, 9.17) is 10.5 Å². The number of benzene rings is 1. The molecule has 2 N–H and O–H groups in total. The van der Waals surface area contributed by atoms with Crippen molar-refractivity contribution in [2.24, 2.45) is 12.8 Å². The molecule has 0 aliphatic rings. The van der Waals surface area contributed by atoms with E-state index < -0.39 is 0 Å². The standard InChI is InChI=1S/C13H18N4OS/c1-3-18-11-7-5-4-6-10(11)9-19-13-16-15-12(8-14)17(13)2/h4-7H,3,8-9,14H2,1-2H3. The molecule has 102 valence electrons. The predicted molar refractivity (Wildman–Crippen MR) is 76.1 cm³/mol. The first kappa shape index (κ1) is 13.9. The van der Waals surface area contributed by atoms with Gasteiger partial charge in [0, 0.05) is 18.4 Å². The van der Waals surface area contributed by atoms with Crippen molar-refractivity contribution in [1.29, 1.82) is 0 Å². The summed E-state index contributed by atoms with van der Waals surface area (Å²) in [6, 6.07) is 8.05. The largest absolute Gasteiger partial charge is 0.494 e.